The van der Waals surface area contributed by atoms with Crippen LogP contribution < -0.4 is 15.4 Å². The lowest BCUT2D eigenvalue weighted by Gasteiger charge is -2.39. The van der Waals surface area contributed by atoms with Gasteiger partial charge < -0.3 is 4.74 Å². The van der Waals surface area contributed by atoms with Gasteiger partial charge in [-0.1, -0.05) is 51.1 Å². The molecule has 0 bridgehead atoms. The molecule has 0 saturated carbocycles. The lowest BCUT2D eigenvalue weighted by atomic mass is 9.95. The topological polar surface area (TPSA) is 25.1 Å². The van der Waals surface area contributed by atoms with E-state index in [0.717, 1.165) is 45.0 Å². The van der Waals surface area contributed by atoms with Crippen molar-refractivity contribution in [2.75, 3.05) is 0 Å². The number of hydrogen-bond donors (Lipinski definition) is 0. The van der Waals surface area contributed by atoms with Crippen LogP contribution in [0.2, 0.25) is 0 Å². The second kappa shape index (κ2) is 15.7. The maximum absolute atomic E-state index is 5.71. The van der Waals surface area contributed by atoms with E-state index in [1.54, 1.807) is 0 Å². The van der Waals surface area contributed by atoms with Gasteiger partial charge in [0.05, 0.1) is 33.2 Å². The molecule has 8 heterocycles. The first-order valence-corrected chi connectivity index (χ1v) is 19.3. The van der Waals surface area contributed by atoms with Crippen LogP contribution >= 0.6 is 0 Å². The molecule has 326 valence electrons. The van der Waals surface area contributed by atoms with E-state index in [0.29, 0.717) is 5.75 Å². The fourth-order valence-corrected chi connectivity index (χ4v) is 8.29. The van der Waals surface area contributed by atoms with Crippen LogP contribution in [0, 0.1) is 150 Å². The predicted molar refractivity (Wildman–Crippen MR) is 295 cm³/mol. The van der Waals surface area contributed by atoms with Gasteiger partial charge in [-0.15, -0.1) is 6.42 Å². The molecule has 0 N–H and O–H groups in total. The number of aryl methyl sites for hydroxylation is 1. The third-order valence-corrected chi connectivity index (χ3v) is 10.5. The number of benzene rings is 2. The van der Waals surface area contributed by atoms with E-state index in [1.165, 1.54) is 27.8 Å². The van der Waals surface area contributed by atoms with Gasteiger partial charge in [-0.2, -0.15) is 9.13 Å². The first-order chi connectivity index (χ1) is 31.2. The second-order valence-electron chi connectivity index (χ2n) is 13.9. The Morgan fingerprint density at radius 2 is 1.13 bits per heavy atom. The molecular weight excluding hydrogens is 769 g/mol. The predicted octanol–water partition coefficient (Wildman–Crippen LogP) is 9.81. The molecule has 1 spiro atoms. The molecule has 5 heteroatoms. The molecule has 2 aromatic heterocycles. The number of terminal acetylenes is 1. The summed E-state index contributed by atoms with van der Waals surface area (Å²) in [6, 6.07) is 25.9. The second-order valence-corrected chi connectivity index (χ2v) is 13.9. The van der Waals surface area contributed by atoms with Crippen molar-refractivity contribution in [3.63, 3.8) is 0 Å². The summed E-state index contributed by atoms with van der Waals surface area (Å²) in [5.74, 6) is 55.4. The summed E-state index contributed by atoms with van der Waals surface area (Å²) in [6.45, 7) is 2.13. The molecular formula is C58H70N4O+2. The van der Waals surface area contributed by atoms with E-state index < -0.39 is 5.91 Å². The van der Waals surface area contributed by atoms with Crippen LogP contribution in [-0.4, -0.2) is 29.7 Å². The van der Waals surface area contributed by atoms with Crippen molar-refractivity contribution in [3.8, 4) is 149 Å². The van der Waals surface area contributed by atoms with Crippen molar-refractivity contribution in [2.45, 2.75) is 12.8 Å². The molecule has 2 aromatic carbocycles. The first-order valence-electron chi connectivity index (χ1n) is 19.3. The van der Waals surface area contributed by atoms with E-state index in [4.69, 9.17) is 11.2 Å². The summed E-state index contributed by atoms with van der Waals surface area (Å²) >= 11 is 0. The molecule has 63 heavy (non-hydrogen) atoms. The molecule has 6 aliphatic rings. The molecule has 0 unspecified atom stereocenters. The van der Waals surface area contributed by atoms with Crippen LogP contribution in [-0.2, 0) is 5.91 Å². The van der Waals surface area contributed by atoms with Crippen molar-refractivity contribution in [1.82, 2.24) is 9.13 Å². The van der Waals surface area contributed by atoms with Crippen molar-refractivity contribution in [2.24, 2.45) is 0 Å². The van der Waals surface area contributed by atoms with Gasteiger partial charge in [0, 0.05) is 154 Å². The minimum atomic E-state index is -0.715. The minimum absolute atomic E-state index is 0. The largest absolute Gasteiger partial charge is 0.553 e. The number of ether oxygens (including phenoxy) is 1. The van der Waals surface area contributed by atoms with Crippen molar-refractivity contribution >= 4 is 34.7 Å². The molecule has 0 amide bonds. The van der Waals surface area contributed by atoms with E-state index in [-0.39, 0.29) is 34.2 Å². The first kappa shape index (κ1) is 36.9. The Balaban J connectivity index is -0.000000166. The Morgan fingerprint density at radius 1 is 0.540 bits per heavy atom. The van der Waals surface area contributed by atoms with Gasteiger partial charge in [-0.25, -0.2) is 0 Å². The molecule has 0 radical (unpaired) electrons. The fraction of sp³-hybridized carbons (Fsp3) is 0.0345. The summed E-state index contributed by atoms with van der Waals surface area (Å²) in [5.41, 5.74) is 12.8. The Kier molecular flexibility index (Phi) is 9.20. The summed E-state index contributed by atoms with van der Waals surface area (Å²) in [7, 11) is 0. The molecule has 0 saturated heterocycles. The van der Waals surface area contributed by atoms with Crippen molar-refractivity contribution in [1.29, 1.82) is 0 Å². The van der Waals surface area contributed by atoms with Crippen LogP contribution in [0.4, 0.5) is 0 Å². The number of allylic oxidation sites excluding steroid dienone is 4. The number of rotatable bonds is 3. The van der Waals surface area contributed by atoms with Crippen LogP contribution in [0.25, 0.3) is 23.3 Å². The highest BCUT2D eigenvalue weighted by molar-refractivity contribution is 6.27. The highest BCUT2D eigenvalue weighted by Crippen LogP contribution is 2.49. The number of nitrogens with zero attached hydrogens (tertiary/aromatic N) is 4. The molecule has 10 rings (SSSR count). The lowest BCUT2D eigenvalue weighted by Crippen LogP contribution is -2.70. The summed E-state index contributed by atoms with van der Waals surface area (Å²) in [5, 5.41) is 2.35. The normalized spacial score (nSPS) is 15.2. The van der Waals surface area contributed by atoms with Gasteiger partial charge in [-0.05, 0) is 102 Å². The monoisotopic (exact) mass is 839 g/mol. The molecule has 0 fully saturated rings. The SMILES string of the molecule is C#CC#CC#CC#CC#CC#CC#CC#CC#CC#CC#CC#COc1ccc(C2=C3C=CC4=[N+]3[C@@]35n6c(ccc62)C=C2C=CC(=[N+]23)C(c2ccc(C)cc2)=c2ccc(n25)=C4)cc1.[HH].[HH].[HH].[HH].[HH].[HH].[HH].[HH].[HH].[HH].[HH].[HH].[HH].[HH].[HH].[HH].[HH].[HH].[HH].[HH].[HH].[HH].[HH].[HH]. The van der Waals surface area contributed by atoms with Crippen LogP contribution in [0.1, 0.15) is 62.3 Å². The molecule has 6 aliphatic heterocycles. The Morgan fingerprint density at radius 3 is 1.76 bits per heavy atom. The van der Waals surface area contributed by atoms with Gasteiger partial charge in [0.1, 0.15) is 11.9 Å². The van der Waals surface area contributed by atoms with Gasteiger partial charge >= 0.3 is 5.91 Å². The molecule has 5 nitrogen and oxygen atoms in total. The van der Waals surface area contributed by atoms with E-state index in [1.807, 2.05) is 12.1 Å². The zero-order valence-corrected chi connectivity index (χ0v) is 33.2. The molecule has 0 aliphatic carbocycles. The maximum Gasteiger partial charge on any atom is 0.553 e. The minimum Gasteiger partial charge on any atom is -0.407 e. The highest BCUT2D eigenvalue weighted by Gasteiger charge is 2.71. The van der Waals surface area contributed by atoms with Gasteiger partial charge in [0.2, 0.25) is 22.8 Å². The Bertz CT molecular complexity index is 4060. The van der Waals surface area contributed by atoms with Crippen LogP contribution in [0.15, 0.2) is 108 Å². The standard InChI is InChI=1S/C58H22N4O.24H2/c1-3-4-5-6-7-8-9-10-11-12-13-14-15-16-17-18-19-20-21-22-23-24-41-63-51-35-29-46(30-36-51)57-54-39-33-49-42-47-31-37-52-56(45-27-25-44(2)26-28-45)53-38-32-48-43-50-34-40-55(57)62(50)58(59(47)52,60(48)53)61(49)54;;;;;;;;;;;;;;;;;;;;;;;;/h1,25-40,42-43H,2H3;24*1H/q+2;;;;;;;;;;;;;;;;;;;;;;;;/t58-;;;;;;;;;;;;;;;;;;;;;;;;/m0......................../s1. The third kappa shape index (κ3) is 6.23. The number of aromatic nitrogens is 2. The molecule has 1 atom stereocenters. The van der Waals surface area contributed by atoms with Gasteiger partial charge in [-0.3, -0.25) is 0 Å². The zero-order chi connectivity index (χ0) is 42.6. The maximum atomic E-state index is 5.71. The van der Waals surface area contributed by atoms with Gasteiger partial charge in [0.15, 0.2) is 0 Å². The fourth-order valence-electron chi connectivity index (χ4n) is 8.29. The quantitative estimate of drug-likeness (QED) is 0.149. The third-order valence-electron chi connectivity index (χ3n) is 10.5. The van der Waals surface area contributed by atoms with E-state index in [2.05, 4.69) is 259 Å². The highest BCUT2D eigenvalue weighted by atomic mass is 16.5. The van der Waals surface area contributed by atoms with Crippen LogP contribution in [0.5, 0.6) is 5.75 Å². The Hall–Kier alpha value is -10.4. The van der Waals surface area contributed by atoms with E-state index in [9.17, 15) is 0 Å². The lowest BCUT2D eigenvalue weighted by molar-refractivity contribution is -0.834. The average Bonchev–Trinajstić information content (AvgIpc) is 4.13. The summed E-state index contributed by atoms with van der Waals surface area (Å²) in [6.07, 6.45) is 21.2. The van der Waals surface area contributed by atoms with Crippen LogP contribution in [0.3, 0.4) is 0 Å². The molecule has 4 aromatic rings. The summed E-state index contributed by atoms with van der Waals surface area (Å²) in [4.78, 5) is 0. The summed E-state index contributed by atoms with van der Waals surface area (Å²) < 4.78 is 15.8. The van der Waals surface area contributed by atoms with Crippen molar-refractivity contribution < 1.29 is 48.1 Å². The average molecular weight is 839 g/mol. The van der Waals surface area contributed by atoms with Gasteiger partial charge in [0.25, 0.3) is 0 Å². The smallest absolute Gasteiger partial charge is 0.407 e. The number of hydrogen-bond acceptors (Lipinski definition) is 1. The van der Waals surface area contributed by atoms with Crippen molar-refractivity contribution in [3.05, 3.63) is 147 Å². The Labute approximate surface area is 400 Å². The zero-order valence-electron chi connectivity index (χ0n) is 33.2. The van der Waals surface area contributed by atoms with E-state index >= 15 is 0 Å².